The number of likely N-dealkylation sites (N-methyl/N-ethyl adjacent to an activating group) is 1. The molecule has 2 aliphatic heterocycles. The van der Waals surface area contributed by atoms with Crippen LogP contribution in [-0.2, 0) is 14.8 Å². The number of carbonyl (C=O) groups is 1. The lowest BCUT2D eigenvalue weighted by Crippen LogP contribution is -3.12. The molecule has 0 spiro atoms. The second kappa shape index (κ2) is 8.34. The van der Waals surface area contributed by atoms with Crippen molar-refractivity contribution in [3.63, 3.8) is 0 Å². The van der Waals surface area contributed by atoms with E-state index in [4.69, 9.17) is 16.3 Å². The molecule has 7 nitrogen and oxygen atoms in total. The zero-order chi connectivity index (χ0) is 19.6. The molecule has 27 heavy (non-hydrogen) atoms. The van der Waals surface area contributed by atoms with Crippen LogP contribution in [0.5, 0.6) is 5.75 Å². The molecule has 0 aliphatic carbocycles. The minimum atomic E-state index is -3.63. The molecular formula is C18H27ClN3O4S+. The molecule has 1 aromatic carbocycles. The molecule has 2 heterocycles. The van der Waals surface area contributed by atoms with Crippen LogP contribution in [0, 0.1) is 5.92 Å². The highest BCUT2D eigenvalue weighted by molar-refractivity contribution is 7.89. The van der Waals surface area contributed by atoms with Gasteiger partial charge in [0.25, 0.3) is 0 Å². The Morgan fingerprint density at radius 2 is 1.81 bits per heavy atom. The van der Waals surface area contributed by atoms with Gasteiger partial charge < -0.3 is 14.5 Å². The lowest BCUT2D eigenvalue weighted by molar-refractivity contribution is -0.883. The summed E-state index contributed by atoms with van der Waals surface area (Å²) >= 11 is 6.08. The summed E-state index contributed by atoms with van der Waals surface area (Å²) in [7, 11) is -0.00521. The number of nitrogens with one attached hydrogen (secondary N) is 1. The van der Waals surface area contributed by atoms with E-state index in [2.05, 4.69) is 7.05 Å². The Balaban J connectivity index is 1.62. The van der Waals surface area contributed by atoms with Gasteiger partial charge in [-0.2, -0.15) is 4.31 Å². The molecule has 0 bridgehead atoms. The van der Waals surface area contributed by atoms with Crippen molar-refractivity contribution >= 4 is 27.5 Å². The quantitative estimate of drug-likeness (QED) is 0.756. The van der Waals surface area contributed by atoms with Crippen molar-refractivity contribution in [3.8, 4) is 5.75 Å². The molecule has 1 N–H and O–H groups in total. The number of rotatable bonds is 4. The number of ether oxygens (including phenoxy) is 1. The number of quaternary nitrogens is 1. The Hall–Kier alpha value is -1.35. The fourth-order valence-electron chi connectivity index (χ4n) is 3.67. The largest absolute Gasteiger partial charge is 0.495 e. The summed E-state index contributed by atoms with van der Waals surface area (Å²) in [5.41, 5.74) is 0. The van der Waals surface area contributed by atoms with Crippen LogP contribution in [-0.4, -0.2) is 77.0 Å². The number of benzene rings is 1. The molecule has 0 aromatic heterocycles. The Kier molecular flexibility index (Phi) is 6.30. The normalized spacial score (nSPS) is 20.6. The first kappa shape index (κ1) is 20.4. The van der Waals surface area contributed by atoms with Crippen LogP contribution in [0.2, 0.25) is 5.02 Å². The maximum atomic E-state index is 12.9. The summed E-state index contributed by atoms with van der Waals surface area (Å²) in [5, 5.41) is 0.265. The first-order valence-corrected chi connectivity index (χ1v) is 11.1. The third kappa shape index (κ3) is 4.39. The number of methoxy groups -OCH3 is 1. The zero-order valence-corrected chi connectivity index (χ0v) is 17.4. The predicted octanol–water partition coefficient (Wildman–Crippen LogP) is 0.106. The van der Waals surface area contributed by atoms with Crippen LogP contribution < -0.4 is 9.64 Å². The number of nitrogens with zero attached hydrogens (tertiary/aromatic N) is 2. The summed E-state index contributed by atoms with van der Waals surface area (Å²) in [4.78, 5) is 16.2. The monoisotopic (exact) mass is 416 g/mol. The van der Waals surface area contributed by atoms with Crippen molar-refractivity contribution in [1.82, 2.24) is 9.21 Å². The summed E-state index contributed by atoms with van der Waals surface area (Å²) in [6.07, 6.45) is 1.11. The van der Waals surface area contributed by atoms with E-state index in [0.29, 0.717) is 31.7 Å². The smallest absolute Gasteiger partial charge is 0.243 e. The lowest BCUT2D eigenvalue weighted by atomic mass is 9.96. The van der Waals surface area contributed by atoms with Crippen molar-refractivity contribution in [2.45, 2.75) is 17.7 Å². The van der Waals surface area contributed by atoms with Gasteiger partial charge in [-0.15, -0.1) is 0 Å². The summed E-state index contributed by atoms with van der Waals surface area (Å²) in [6.45, 7) is 4.21. The van der Waals surface area contributed by atoms with Crippen LogP contribution in [0.25, 0.3) is 0 Å². The predicted molar refractivity (Wildman–Crippen MR) is 103 cm³/mol. The minimum absolute atomic E-state index is 0.0886. The number of hydrogen-bond acceptors (Lipinski definition) is 4. The van der Waals surface area contributed by atoms with E-state index in [1.165, 1.54) is 28.4 Å². The van der Waals surface area contributed by atoms with Crippen LogP contribution in [0.15, 0.2) is 23.1 Å². The molecule has 2 aliphatic rings. The highest BCUT2D eigenvalue weighted by Crippen LogP contribution is 2.30. The van der Waals surface area contributed by atoms with E-state index in [1.54, 1.807) is 6.07 Å². The maximum absolute atomic E-state index is 12.9. The fraction of sp³-hybridized carbons (Fsp3) is 0.611. The number of halogens is 1. The Labute approximate surface area is 165 Å². The highest BCUT2D eigenvalue weighted by atomic mass is 35.5. The van der Waals surface area contributed by atoms with Gasteiger partial charge in [-0.1, -0.05) is 11.6 Å². The second-order valence-electron chi connectivity index (χ2n) is 7.26. The maximum Gasteiger partial charge on any atom is 0.243 e. The molecule has 2 fully saturated rings. The van der Waals surface area contributed by atoms with Gasteiger partial charge in [0.05, 0.1) is 50.3 Å². The Morgan fingerprint density at radius 3 is 2.37 bits per heavy atom. The van der Waals surface area contributed by atoms with Crippen molar-refractivity contribution in [2.24, 2.45) is 5.92 Å². The third-order valence-electron chi connectivity index (χ3n) is 5.49. The van der Waals surface area contributed by atoms with E-state index in [0.717, 1.165) is 26.2 Å². The van der Waals surface area contributed by atoms with Gasteiger partial charge in [-0.05, 0) is 31.0 Å². The minimum Gasteiger partial charge on any atom is -0.495 e. The van der Waals surface area contributed by atoms with E-state index in [9.17, 15) is 13.2 Å². The van der Waals surface area contributed by atoms with Gasteiger partial charge in [0, 0.05) is 19.0 Å². The first-order chi connectivity index (χ1) is 12.8. The van der Waals surface area contributed by atoms with Gasteiger partial charge in [-0.3, -0.25) is 4.79 Å². The molecule has 0 atom stereocenters. The van der Waals surface area contributed by atoms with Crippen LogP contribution >= 0.6 is 11.6 Å². The van der Waals surface area contributed by atoms with E-state index in [1.807, 2.05) is 4.90 Å². The number of sulfonamides is 1. The number of amides is 1. The number of piperazine rings is 1. The summed E-state index contributed by atoms with van der Waals surface area (Å²) in [5.74, 6) is 0.523. The van der Waals surface area contributed by atoms with Crippen molar-refractivity contribution in [1.29, 1.82) is 0 Å². The van der Waals surface area contributed by atoms with Crippen molar-refractivity contribution < 1.29 is 22.8 Å². The Bertz CT molecular complexity index is 786. The van der Waals surface area contributed by atoms with Gasteiger partial charge in [0.15, 0.2) is 0 Å². The molecule has 0 unspecified atom stereocenters. The Morgan fingerprint density at radius 1 is 1.19 bits per heavy atom. The molecule has 0 radical (unpaired) electrons. The van der Waals surface area contributed by atoms with Gasteiger partial charge >= 0.3 is 0 Å². The molecule has 150 valence electrons. The average molecular weight is 417 g/mol. The second-order valence-corrected chi connectivity index (χ2v) is 9.60. The SMILES string of the molecule is COc1ccc(S(=O)(=O)N2CCC(C(=O)N3CC[NH+](C)CC3)CC2)cc1Cl. The molecule has 2 saturated heterocycles. The van der Waals surface area contributed by atoms with Gasteiger partial charge in [-0.25, -0.2) is 8.42 Å². The van der Waals surface area contributed by atoms with Gasteiger partial charge in [0.1, 0.15) is 5.75 Å². The van der Waals surface area contributed by atoms with Crippen molar-refractivity contribution in [3.05, 3.63) is 23.2 Å². The lowest BCUT2D eigenvalue weighted by Gasteiger charge is -2.36. The van der Waals surface area contributed by atoms with Crippen LogP contribution in [0.1, 0.15) is 12.8 Å². The fourth-order valence-corrected chi connectivity index (χ4v) is 5.49. The third-order valence-corrected chi connectivity index (χ3v) is 7.68. The molecule has 9 heteroatoms. The first-order valence-electron chi connectivity index (χ1n) is 9.26. The average Bonchev–Trinajstić information content (AvgIpc) is 2.68. The van der Waals surface area contributed by atoms with E-state index < -0.39 is 10.0 Å². The molecule has 3 rings (SSSR count). The molecule has 0 saturated carbocycles. The molecule has 1 aromatic rings. The van der Waals surface area contributed by atoms with Crippen molar-refractivity contribution in [2.75, 3.05) is 53.4 Å². The number of hydrogen-bond donors (Lipinski definition) is 1. The van der Waals surface area contributed by atoms with E-state index in [-0.39, 0.29) is 21.7 Å². The molecular weight excluding hydrogens is 390 g/mol. The van der Waals surface area contributed by atoms with Crippen LogP contribution in [0.4, 0.5) is 0 Å². The topological polar surface area (TPSA) is 71.4 Å². The zero-order valence-electron chi connectivity index (χ0n) is 15.8. The standard InChI is InChI=1S/C18H26ClN3O4S/c1-20-9-11-21(12-10-20)18(23)14-5-7-22(8-6-14)27(24,25)15-3-4-17(26-2)16(19)13-15/h3-4,13-14H,5-12H2,1-2H3/p+1. The summed E-state index contributed by atoms with van der Waals surface area (Å²) in [6, 6.07) is 4.48. The van der Waals surface area contributed by atoms with Crippen LogP contribution in [0.3, 0.4) is 0 Å². The summed E-state index contributed by atoms with van der Waals surface area (Å²) < 4.78 is 32.3. The van der Waals surface area contributed by atoms with Gasteiger partial charge in [0.2, 0.25) is 15.9 Å². The highest BCUT2D eigenvalue weighted by Gasteiger charge is 2.35. The van der Waals surface area contributed by atoms with E-state index >= 15 is 0 Å². The number of carbonyl (C=O) groups excluding carboxylic acids is 1. The molecule has 1 amide bonds. The number of piperidine rings is 1.